The molecule has 1 aromatic rings. The first-order valence-corrected chi connectivity index (χ1v) is 8.10. The van der Waals surface area contributed by atoms with E-state index in [-0.39, 0.29) is 13.1 Å². The second kappa shape index (κ2) is 5.69. The molecule has 0 spiro atoms. The van der Waals surface area contributed by atoms with E-state index < -0.39 is 38.1 Å². The lowest BCUT2D eigenvalue weighted by Gasteiger charge is -2.29. The molecule has 1 aromatic heterocycles. The average Bonchev–Trinajstić information content (AvgIpc) is 2.48. The smallest absolute Gasteiger partial charge is 0.330 e. The van der Waals surface area contributed by atoms with Crippen LogP contribution >= 0.6 is 0 Å². The predicted molar refractivity (Wildman–Crippen MR) is 76.0 cm³/mol. The highest BCUT2D eigenvalue weighted by atomic mass is 32.2. The van der Waals surface area contributed by atoms with E-state index in [2.05, 4.69) is 0 Å². The molecule has 1 atom stereocenters. The Bertz CT molecular complexity index is 822. The molecule has 9 nitrogen and oxygen atoms in total. The van der Waals surface area contributed by atoms with Crippen LogP contribution in [0.5, 0.6) is 0 Å². The first-order chi connectivity index (χ1) is 10.2. The largest absolute Gasteiger partial charge is 0.481 e. The topological polar surface area (TPSA) is 119 Å². The zero-order valence-electron chi connectivity index (χ0n) is 12.2. The molecule has 2 heterocycles. The van der Waals surface area contributed by atoms with Crippen molar-refractivity contribution in [2.75, 3.05) is 13.1 Å². The van der Waals surface area contributed by atoms with Crippen molar-refractivity contribution in [3.63, 3.8) is 0 Å². The molecule has 0 amide bonds. The molecule has 0 aliphatic carbocycles. The quantitative estimate of drug-likeness (QED) is 0.725. The fraction of sp³-hybridized carbons (Fsp3) is 0.583. The summed E-state index contributed by atoms with van der Waals surface area (Å²) in [4.78, 5) is 34.2. The maximum atomic E-state index is 12.6. The molecule has 1 N–H and O–H groups in total. The van der Waals surface area contributed by atoms with Crippen LogP contribution in [-0.2, 0) is 28.9 Å². The van der Waals surface area contributed by atoms with Gasteiger partial charge in [-0.25, -0.2) is 13.2 Å². The zero-order chi connectivity index (χ0) is 16.7. The highest BCUT2D eigenvalue weighted by molar-refractivity contribution is 7.89. The fourth-order valence-corrected chi connectivity index (χ4v) is 4.13. The summed E-state index contributed by atoms with van der Waals surface area (Å²) >= 11 is 0. The molecule has 1 fully saturated rings. The molecule has 1 unspecified atom stereocenters. The number of aryl methyl sites for hydroxylation is 1. The molecule has 0 aromatic carbocycles. The van der Waals surface area contributed by atoms with Gasteiger partial charge in [-0.1, -0.05) is 0 Å². The van der Waals surface area contributed by atoms with Crippen LogP contribution in [0.15, 0.2) is 20.7 Å². The fourth-order valence-electron chi connectivity index (χ4n) is 2.45. The number of rotatable bonds is 3. The third kappa shape index (κ3) is 2.71. The van der Waals surface area contributed by atoms with Gasteiger partial charge in [0.25, 0.3) is 5.56 Å². The van der Waals surface area contributed by atoms with E-state index in [0.29, 0.717) is 17.4 Å². The molecule has 10 heteroatoms. The van der Waals surface area contributed by atoms with E-state index in [4.69, 9.17) is 5.11 Å². The van der Waals surface area contributed by atoms with Gasteiger partial charge in [0.1, 0.15) is 0 Å². The van der Waals surface area contributed by atoms with Crippen molar-refractivity contribution in [1.82, 2.24) is 13.4 Å². The standard InChI is InChI=1S/C12H17N3O6S/c1-13-7-9(10(16)14(2)12(13)19)22(20,21)15-5-3-4-8(6-15)11(17)18/h7-8H,3-6H2,1-2H3,(H,17,18). The number of aliphatic carboxylic acids is 1. The van der Waals surface area contributed by atoms with Gasteiger partial charge in [-0.3, -0.25) is 14.2 Å². The third-order valence-corrected chi connectivity index (χ3v) is 5.61. The van der Waals surface area contributed by atoms with Gasteiger partial charge in [-0.2, -0.15) is 4.31 Å². The van der Waals surface area contributed by atoms with E-state index in [1.807, 2.05) is 0 Å². The second-order valence-corrected chi connectivity index (χ2v) is 7.20. The first-order valence-electron chi connectivity index (χ1n) is 6.66. The Balaban J connectivity index is 2.50. The normalized spacial score (nSPS) is 20.0. The minimum Gasteiger partial charge on any atom is -0.481 e. The Kier molecular flexibility index (Phi) is 4.25. The van der Waals surface area contributed by atoms with E-state index in [9.17, 15) is 22.8 Å². The summed E-state index contributed by atoms with van der Waals surface area (Å²) in [5.74, 6) is -1.85. The molecule has 1 aliphatic rings. The average molecular weight is 331 g/mol. The number of hydrogen-bond acceptors (Lipinski definition) is 5. The molecule has 1 aliphatic heterocycles. The molecular weight excluding hydrogens is 314 g/mol. The Morgan fingerprint density at radius 1 is 1.32 bits per heavy atom. The Morgan fingerprint density at radius 2 is 1.95 bits per heavy atom. The minimum absolute atomic E-state index is 0.151. The van der Waals surface area contributed by atoms with Crippen molar-refractivity contribution in [2.24, 2.45) is 20.0 Å². The van der Waals surface area contributed by atoms with Crippen LogP contribution in [0.3, 0.4) is 0 Å². The lowest BCUT2D eigenvalue weighted by Crippen LogP contribution is -2.46. The summed E-state index contributed by atoms with van der Waals surface area (Å²) in [5.41, 5.74) is -1.55. The predicted octanol–water partition coefficient (Wildman–Crippen LogP) is -1.43. The van der Waals surface area contributed by atoms with Crippen molar-refractivity contribution >= 4 is 16.0 Å². The zero-order valence-corrected chi connectivity index (χ0v) is 13.0. The molecular formula is C12H17N3O6S. The Morgan fingerprint density at radius 3 is 2.55 bits per heavy atom. The summed E-state index contributed by atoms with van der Waals surface area (Å²) in [5, 5.41) is 9.04. The Labute approximate surface area is 126 Å². The van der Waals surface area contributed by atoms with E-state index in [1.54, 1.807) is 0 Å². The van der Waals surface area contributed by atoms with Crippen molar-refractivity contribution in [3.8, 4) is 0 Å². The maximum Gasteiger partial charge on any atom is 0.330 e. The number of piperidine rings is 1. The second-order valence-electron chi connectivity index (χ2n) is 5.29. The van der Waals surface area contributed by atoms with Crippen LogP contribution in [0.25, 0.3) is 0 Å². The van der Waals surface area contributed by atoms with Crippen molar-refractivity contribution < 1.29 is 18.3 Å². The van der Waals surface area contributed by atoms with Crippen LogP contribution in [0, 0.1) is 5.92 Å². The number of hydrogen-bond donors (Lipinski definition) is 1. The summed E-state index contributed by atoms with van der Waals surface area (Å²) in [7, 11) is -1.61. The van der Waals surface area contributed by atoms with E-state index in [0.717, 1.165) is 15.1 Å². The van der Waals surface area contributed by atoms with Gasteiger partial charge in [0, 0.05) is 33.4 Å². The summed E-state index contributed by atoms with van der Waals surface area (Å²) in [6.45, 7) is -0.0260. The lowest BCUT2D eigenvalue weighted by molar-refractivity contribution is -0.142. The van der Waals surface area contributed by atoms with Gasteiger partial charge in [-0.15, -0.1) is 0 Å². The Hall–Kier alpha value is -1.94. The van der Waals surface area contributed by atoms with Crippen LogP contribution in [0.1, 0.15) is 12.8 Å². The van der Waals surface area contributed by atoms with Crippen LogP contribution in [0.4, 0.5) is 0 Å². The van der Waals surface area contributed by atoms with E-state index >= 15 is 0 Å². The summed E-state index contributed by atoms with van der Waals surface area (Å²) in [6.07, 6.45) is 1.78. The van der Waals surface area contributed by atoms with Gasteiger partial charge < -0.3 is 9.67 Å². The molecule has 1 saturated heterocycles. The summed E-state index contributed by atoms with van der Waals surface area (Å²) in [6, 6.07) is 0. The maximum absolute atomic E-state index is 12.6. The SMILES string of the molecule is Cn1cc(S(=O)(=O)N2CCCC(C(=O)O)C2)c(=O)n(C)c1=O. The molecule has 22 heavy (non-hydrogen) atoms. The number of aromatic nitrogens is 2. The van der Waals surface area contributed by atoms with Gasteiger partial charge in [0.05, 0.1) is 5.92 Å². The number of carboxylic acid groups (broad SMARTS) is 1. The highest BCUT2D eigenvalue weighted by Gasteiger charge is 2.35. The minimum atomic E-state index is -4.14. The molecule has 0 bridgehead atoms. The van der Waals surface area contributed by atoms with Crippen molar-refractivity contribution in [1.29, 1.82) is 0 Å². The molecule has 0 radical (unpaired) electrons. The summed E-state index contributed by atoms with van der Waals surface area (Å²) < 4.78 is 27.9. The molecule has 122 valence electrons. The van der Waals surface area contributed by atoms with Gasteiger partial charge in [0.2, 0.25) is 10.0 Å². The highest BCUT2D eigenvalue weighted by Crippen LogP contribution is 2.22. The number of nitrogens with zero attached hydrogens (tertiary/aromatic N) is 3. The molecule has 0 saturated carbocycles. The van der Waals surface area contributed by atoms with Crippen molar-refractivity contribution in [3.05, 3.63) is 27.0 Å². The first kappa shape index (κ1) is 16.4. The number of carbonyl (C=O) groups is 1. The number of sulfonamides is 1. The number of carboxylic acids is 1. The van der Waals surface area contributed by atoms with Gasteiger partial charge in [-0.05, 0) is 12.8 Å². The lowest BCUT2D eigenvalue weighted by atomic mass is 10.0. The van der Waals surface area contributed by atoms with Gasteiger partial charge in [0.15, 0.2) is 4.90 Å². The van der Waals surface area contributed by atoms with Crippen LogP contribution in [-0.4, -0.2) is 46.0 Å². The van der Waals surface area contributed by atoms with Gasteiger partial charge >= 0.3 is 11.7 Å². The van der Waals surface area contributed by atoms with Crippen LogP contribution in [0.2, 0.25) is 0 Å². The van der Waals surface area contributed by atoms with Crippen molar-refractivity contribution in [2.45, 2.75) is 17.7 Å². The monoisotopic (exact) mass is 331 g/mol. The third-order valence-electron chi connectivity index (χ3n) is 3.77. The van der Waals surface area contributed by atoms with Crippen LogP contribution < -0.4 is 11.2 Å². The van der Waals surface area contributed by atoms with E-state index in [1.165, 1.54) is 14.1 Å². The molecule has 2 rings (SSSR count).